The minimum absolute atomic E-state index is 0.219. The van der Waals surface area contributed by atoms with Crippen LogP contribution >= 0.6 is 0 Å². The number of carbonyl (C=O) groups is 1. The summed E-state index contributed by atoms with van der Waals surface area (Å²) in [5.74, 6) is -0.217. The number of nitrogens with zero attached hydrogens (tertiary/aromatic N) is 5. The normalized spacial score (nSPS) is 12.0. The van der Waals surface area contributed by atoms with Crippen molar-refractivity contribution < 1.29 is 9.18 Å². The molecule has 1 atom stereocenters. The van der Waals surface area contributed by atoms with Crippen molar-refractivity contribution in [3.63, 3.8) is 0 Å². The van der Waals surface area contributed by atoms with E-state index in [1.54, 1.807) is 32.2 Å². The number of para-hydroxylation sites is 1. The first-order chi connectivity index (χ1) is 12.1. The number of rotatable bonds is 5. The van der Waals surface area contributed by atoms with Crippen LogP contribution in [0.4, 0.5) is 10.1 Å². The van der Waals surface area contributed by atoms with E-state index in [-0.39, 0.29) is 11.6 Å². The van der Waals surface area contributed by atoms with Crippen LogP contribution in [0.25, 0.3) is 0 Å². The molecule has 0 aliphatic carbocycles. The maximum absolute atomic E-state index is 14.1. The number of amides is 1. The van der Waals surface area contributed by atoms with Gasteiger partial charge in [-0.05, 0) is 35.0 Å². The Hall–Kier alpha value is -3.09. The fraction of sp³-hybridized carbons (Fsp3) is 0.222. The molecule has 128 valence electrons. The Bertz CT molecular complexity index is 865. The Balaban J connectivity index is 1.95. The zero-order valence-corrected chi connectivity index (χ0v) is 14.0. The minimum atomic E-state index is -0.665. The molecule has 2 aromatic carbocycles. The van der Waals surface area contributed by atoms with Crippen LogP contribution in [0.2, 0.25) is 0 Å². The van der Waals surface area contributed by atoms with Gasteiger partial charge in [-0.1, -0.05) is 42.5 Å². The van der Waals surface area contributed by atoms with Crippen molar-refractivity contribution >= 4 is 11.6 Å². The Morgan fingerprint density at radius 3 is 2.48 bits per heavy atom. The molecule has 7 heteroatoms. The van der Waals surface area contributed by atoms with Crippen LogP contribution in [0.5, 0.6) is 0 Å². The second kappa shape index (κ2) is 7.21. The SMILES string of the molecule is Cc1nnnn1[C@@H](Cc1ccccc1)C(=O)N(C)c1ccccc1F. The van der Waals surface area contributed by atoms with Crippen LogP contribution < -0.4 is 4.90 Å². The Morgan fingerprint density at radius 1 is 1.16 bits per heavy atom. The molecule has 0 spiro atoms. The molecule has 0 unspecified atom stereocenters. The lowest BCUT2D eigenvalue weighted by Gasteiger charge is -2.24. The maximum atomic E-state index is 14.1. The van der Waals surface area contributed by atoms with Gasteiger partial charge in [0.05, 0.1) is 5.69 Å². The number of aryl methyl sites for hydroxylation is 1. The molecule has 0 radical (unpaired) electrons. The first-order valence-corrected chi connectivity index (χ1v) is 7.88. The molecule has 3 aromatic rings. The van der Waals surface area contributed by atoms with Crippen molar-refractivity contribution in [1.82, 2.24) is 20.2 Å². The third-order valence-corrected chi connectivity index (χ3v) is 4.05. The number of halogens is 1. The first-order valence-electron chi connectivity index (χ1n) is 7.88. The molecule has 0 saturated carbocycles. The molecular weight excluding hydrogens is 321 g/mol. The second-order valence-corrected chi connectivity index (χ2v) is 5.72. The Kier molecular flexibility index (Phi) is 4.83. The zero-order valence-electron chi connectivity index (χ0n) is 14.0. The summed E-state index contributed by atoms with van der Waals surface area (Å²) in [6.07, 6.45) is 0.407. The molecule has 25 heavy (non-hydrogen) atoms. The molecule has 0 aliphatic rings. The molecule has 0 bridgehead atoms. The van der Waals surface area contributed by atoms with Gasteiger partial charge in [-0.15, -0.1) is 5.10 Å². The van der Waals surface area contributed by atoms with Crippen molar-refractivity contribution in [2.45, 2.75) is 19.4 Å². The summed E-state index contributed by atoms with van der Waals surface area (Å²) in [5.41, 5.74) is 1.19. The van der Waals surface area contributed by atoms with Crippen molar-refractivity contribution in [1.29, 1.82) is 0 Å². The lowest BCUT2D eigenvalue weighted by molar-refractivity contribution is -0.121. The van der Waals surface area contributed by atoms with E-state index in [1.807, 2.05) is 30.3 Å². The lowest BCUT2D eigenvalue weighted by atomic mass is 10.0. The second-order valence-electron chi connectivity index (χ2n) is 5.72. The first kappa shape index (κ1) is 16.8. The maximum Gasteiger partial charge on any atom is 0.252 e. The van der Waals surface area contributed by atoms with Gasteiger partial charge in [0.15, 0.2) is 0 Å². The molecule has 1 heterocycles. The minimum Gasteiger partial charge on any atom is -0.311 e. The van der Waals surface area contributed by atoms with E-state index in [0.717, 1.165) is 5.56 Å². The smallest absolute Gasteiger partial charge is 0.252 e. The zero-order chi connectivity index (χ0) is 17.8. The number of tetrazole rings is 1. The van der Waals surface area contributed by atoms with Crippen molar-refractivity contribution in [2.75, 3.05) is 11.9 Å². The number of carbonyl (C=O) groups excluding carboxylic acids is 1. The molecular formula is C18H18FN5O. The van der Waals surface area contributed by atoms with Gasteiger partial charge in [-0.25, -0.2) is 9.07 Å². The van der Waals surface area contributed by atoms with Crippen molar-refractivity contribution in [2.24, 2.45) is 0 Å². The van der Waals surface area contributed by atoms with E-state index in [9.17, 15) is 9.18 Å². The topological polar surface area (TPSA) is 63.9 Å². The summed E-state index contributed by atoms with van der Waals surface area (Å²) in [6.45, 7) is 1.73. The number of hydrogen-bond donors (Lipinski definition) is 0. The average molecular weight is 339 g/mol. The number of anilines is 1. The molecule has 3 rings (SSSR count). The molecule has 0 aliphatic heterocycles. The van der Waals surface area contributed by atoms with Crippen LogP contribution in [-0.4, -0.2) is 33.2 Å². The highest BCUT2D eigenvalue weighted by Gasteiger charge is 2.28. The number of hydrogen-bond acceptors (Lipinski definition) is 4. The molecule has 1 aromatic heterocycles. The van der Waals surface area contributed by atoms with Gasteiger partial charge in [-0.3, -0.25) is 4.79 Å². The van der Waals surface area contributed by atoms with Crippen LogP contribution in [0.15, 0.2) is 54.6 Å². The van der Waals surface area contributed by atoms with E-state index < -0.39 is 11.9 Å². The monoisotopic (exact) mass is 339 g/mol. The Labute approximate surface area is 144 Å². The highest BCUT2D eigenvalue weighted by atomic mass is 19.1. The quantitative estimate of drug-likeness (QED) is 0.717. The van der Waals surface area contributed by atoms with Crippen molar-refractivity contribution in [3.8, 4) is 0 Å². The van der Waals surface area contributed by atoms with Gasteiger partial charge in [0, 0.05) is 13.5 Å². The van der Waals surface area contributed by atoms with Gasteiger partial charge in [0.1, 0.15) is 17.7 Å². The number of benzene rings is 2. The van der Waals surface area contributed by atoms with Gasteiger partial charge >= 0.3 is 0 Å². The van der Waals surface area contributed by atoms with E-state index in [2.05, 4.69) is 15.5 Å². The highest BCUT2D eigenvalue weighted by Crippen LogP contribution is 2.23. The van der Waals surface area contributed by atoms with Crippen LogP contribution in [-0.2, 0) is 11.2 Å². The predicted octanol–water partition coefficient (Wildman–Crippen LogP) is 2.57. The Morgan fingerprint density at radius 2 is 1.84 bits per heavy atom. The average Bonchev–Trinajstić information content (AvgIpc) is 3.05. The van der Waals surface area contributed by atoms with Gasteiger partial charge < -0.3 is 4.90 Å². The predicted molar refractivity (Wildman–Crippen MR) is 91.5 cm³/mol. The lowest BCUT2D eigenvalue weighted by Crippen LogP contribution is -2.37. The van der Waals surface area contributed by atoms with Gasteiger partial charge in [-0.2, -0.15) is 0 Å². The molecule has 0 saturated heterocycles. The van der Waals surface area contributed by atoms with Crippen molar-refractivity contribution in [3.05, 3.63) is 71.8 Å². The largest absolute Gasteiger partial charge is 0.311 e. The third kappa shape index (κ3) is 3.55. The molecule has 0 N–H and O–H groups in total. The summed E-state index contributed by atoms with van der Waals surface area (Å²) < 4.78 is 15.6. The van der Waals surface area contributed by atoms with Gasteiger partial charge in [0.25, 0.3) is 5.91 Å². The summed E-state index contributed by atoms with van der Waals surface area (Å²) in [4.78, 5) is 14.4. The summed E-state index contributed by atoms with van der Waals surface area (Å²) >= 11 is 0. The molecule has 1 amide bonds. The van der Waals surface area contributed by atoms with Crippen LogP contribution in [0.1, 0.15) is 17.4 Å². The third-order valence-electron chi connectivity index (χ3n) is 4.05. The summed E-state index contributed by atoms with van der Waals surface area (Å²) in [7, 11) is 1.55. The van der Waals surface area contributed by atoms with E-state index >= 15 is 0 Å². The molecule has 0 fully saturated rings. The summed E-state index contributed by atoms with van der Waals surface area (Å²) in [5, 5.41) is 11.4. The van der Waals surface area contributed by atoms with E-state index in [4.69, 9.17) is 0 Å². The van der Waals surface area contributed by atoms with E-state index in [1.165, 1.54) is 15.6 Å². The molecule has 6 nitrogen and oxygen atoms in total. The summed E-state index contributed by atoms with van der Waals surface area (Å²) in [6, 6.07) is 15.1. The van der Waals surface area contributed by atoms with Crippen LogP contribution in [0, 0.1) is 12.7 Å². The van der Waals surface area contributed by atoms with E-state index in [0.29, 0.717) is 12.2 Å². The standard InChI is InChI=1S/C18H18FN5O/c1-13-20-21-22-24(13)17(12-14-8-4-3-5-9-14)18(25)23(2)16-11-7-6-10-15(16)19/h3-11,17H,12H2,1-2H3/t17-/m0/s1. The van der Waals surface area contributed by atoms with Crippen LogP contribution in [0.3, 0.4) is 0 Å². The fourth-order valence-corrected chi connectivity index (χ4v) is 2.71. The van der Waals surface area contributed by atoms with Gasteiger partial charge in [0.2, 0.25) is 0 Å². The number of aromatic nitrogens is 4. The number of likely N-dealkylation sites (N-methyl/N-ethyl adjacent to an activating group) is 1. The fourth-order valence-electron chi connectivity index (χ4n) is 2.71. The highest BCUT2D eigenvalue weighted by molar-refractivity contribution is 5.95.